The highest BCUT2D eigenvalue weighted by atomic mass is 16.6. The van der Waals surface area contributed by atoms with E-state index in [1.165, 1.54) is 12.8 Å². The van der Waals surface area contributed by atoms with Crippen LogP contribution >= 0.6 is 0 Å². The normalized spacial score (nSPS) is 26.7. The first-order valence-electron chi connectivity index (χ1n) is 8.01. The van der Waals surface area contributed by atoms with E-state index in [-0.39, 0.29) is 30.8 Å². The smallest absolute Gasteiger partial charge is 0.306 e. The topological polar surface area (TPSA) is 58.6 Å². The van der Waals surface area contributed by atoms with Gasteiger partial charge in [-0.1, -0.05) is 0 Å². The van der Waals surface area contributed by atoms with Crippen molar-refractivity contribution in [3.8, 4) is 0 Å². The molecule has 1 amide bonds. The number of amides is 1. The summed E-state index contributed by atoms with van der Waals surface area (Å²) in [5, 5.41) is 3.05. The van der Waals surface area contributed by atoms with Gasteiger partial charge in [0.2, 0.25) is 5.91 Å². The Kier molecular flexibility index (Phi) is 4.91. The summed E-state index contributed by atoms with van der Waals surface area (Å²) in [6.07, 6.45) is 3.96. The van der Waals surface area contributed by atoms with Crippen molar-refractivity contribution in [2.75, 3.05) is 6.54 Å². The zero-order valence-corrected chi connectivity index (χ0v) is 13.6. The molecule has 0 spiro atoms. The molecule has 1 N–H and O–H groups in total. The molecular formula is C16H28N2O3. The summed E-state index contributed by atoms with van der Waals surface area (Å²) in [6, 6.07) is 1.52. The van der Waals surface area contributed by atoms with Crippen LogP contribution in [0.1, 0.15) is 59.8 Å². The number of likely N-dealkylation sites (tertiary alicyclic amines) is 1. The van der Waals surface area contributed by atoms with Gasteiger partial charge >= 0.3 is 5.97 Å². The van der Waals surface area contributed by atoms with E-state index in [0.29, 0.717) is 6.04 Å². The van der Waals surface area contributed by atoms with Crippen LogP contribution in [0, 0.1) is 0 Å². The Hall–Kier alpha value is -1.10. The summed E-state index contributed by atoms with van der Waals surface area (Å²) in [5.74, 6) is -0.354. The number of esters is 1. The minimum Gasteiger partial charge on any atom is -0.460 e. The molecule has 1 saturated heterocycles. The lowest BCUT2D eigenvalue weighted by Gasteiger charge is -2.20. The van der Waals surface area contributed by atoms with Gasteiger partial charge in [-0.15, -0.1) is 0 Å². The molecule has 5 nitrogen and oxygen atoms in total. The van der Waals surface area contributed by atoms with Gasteiger partial charge in [0.15, 0.2) is 0 Å². The van der Waals surface area contributed by atoms with Crippen LogP contribution in [0.5, 0.6) is 0 Å². The van der Waals surface area contributed by atoms with Crippen molar-refractivity contribution in [2.24, 2.45) is 0 Å². The molecule has 2 rings (SSSR count). The van der Waals surface area contributed by atoms with Crippen LogP contribution in [0.3, 0.4) is 0 Å². The molecule has 2 aliphatic rings. The van der Waals surface area contributed by atoms with Crippen LogP contribution < -0.4 is 5.32 Å². The van der Waals surface area contributed by atoms with E-state index in [1.54, 1.807) is 0 Å². The van der Waals surface area contributed by atoms with Gasteiger partial charge in [-0.3, -0.25) is 14.5 Å². The van der Waals surface area contributed by atoms with Gasteiger partial charge in [0, 0.05) is 31.1 Å². The first-order chi connectivity index (χ1) is 9.74. The number of carbonyl (C=O) groups is 2. The molecule has 5 heteroatoms. The van der Waals surface area contributed by atoms with Crippen molar-refractivity contribution in [2.45, 2.75) is 83.5 Å². The van der Waals surface area contributed by atoms with Gasteiger partial charge in [-0.05, 0) is 47.0 Å². The van der Waals surface area contributed by atoms with Crippen LogP contribution in [0.4, 0.5) is 0 Å². The highest BCUT2D eigenvalue weighted by Crippen LogP contribution is 2.33. The third-order valence-corrected chi connectivity index (χ3v) is 3.98. The average Bonchev–Trinajstić information content (AvgIpc) is 3.10. The van der Waals surface area contributed by atoms with Gasteiger partial charge in [0.05, 0.1) is 6.42 Å². The first-order valence-corrected chi connectivity index (χ1v) is 8.01. The van der Waals surface area contributed by atoms with Crippen LogP contribution in [0.25, 0.3) is 0 Å². The SMILES string of the molecule is C[C@H]1C[C@H](NC(=O)CCC(=O)OC(C)(C)C)CN1C1CC1. The maximum Gasteiger partial charge on any atom is 0.306 e. The minimum absolute atomic E-state index is 0.0456. The lowest BCUT2D eigenvalue weighted by molar-refractivity contribution is -0.155. The summed E-state index contributed by atoms with van der Waals surface area (Å²) in [7, 11) is 0. The lowest BCUT2D eigenvalue weighted by atomic mass is 10.1. The Morgan fingerprint density at radius 3 is 2.48 bits per heavy atom. The van der Waals surface area contributed by atoms with Crippen molar-refractivity contribution in [3.63, 3.8) is 0 Å². The predicted molar refractivity (Wildman–Crippen MR) is 80.8 cm³/mol. The number of carbonyl (C=O) groups excluding carboxylic acids is 2. The summed E-state index contributed by atoms with van der Waals surface area (Å²) < 4.78 is 5.20. The summed E-state index contributed by atoms with van der Waals surface area (Å²) in [4.78, 5) is 26.0. The van der Waals surface area contributed by atoms with Crippen molar-refractivity contribution >= 4 is 11.9 Å². The van der Waals surface area contributed by atoms with Gasteiger partial charge in [-0.25, -0.2) is 0 Å². The van der Waals surface area contributed by atoms with E-state index in [4.69, 9.17) is 4.74 Å². The van der Waals surface area contributed by atoms with Crippen molar-refractivity contribution in [3.05, 3.63) is 0 Å². The molecule has 120 valence electrons. The third kappa shape index (κ3) is 5.30. The number of nitrogens with one attached hydrogen (secondary N) is 1. The molecule has 0 aromatic rings. The molecule has 1 heterocycles. The third-order valence-electron chi connectivity index (χ3n) is 3.98. The fourth-order valence-electron chi connectivity index (χ4n) is 2.98. The second-order valence-corrected chi connectivity index (χ2v) is 7.36. The van der Waals surface area contributed by atoms with Crippen LogP contribution in [0.2, 0.25) is 0 Å². The number of rotatable bonds is 5. The summed E-state index contributed by atoms with van der Waals surface area (Å²) >= 11 is 0. The molecule has 0 aromatic carbocycles. The lowest BCUT2D eigenvalue weighted by Crippen LogP contribution is -2.38. The molecule has 0 unspecified atom stereocenters. The highest BCUT2D eigenvalue weighted by molar-refractivity contribution is 5.81. The van der Waals surface area contributed by atoms with E-state index in [2.05, 4.69) is 17.1 Å². The average molecular weight is 296 g/mol. The van der Waals surface area contributed by atoms with E-state index < -0.39 is 5.60 Å². The number of nitrogens with zero attached hydrogens (tertiary/aromatic N) is 1. The van der Waals surface area contributed by atoms with E-state index in [1.807, 2.05) is 20.8 Å². The summed E-state index contributed by atoms with van der Waals surface area (Å²) in [6.45, 7) is 8.67. The van der Waals surface area contributed by atoms with E-state index in [9.17, 15) is 9.59 Å². The Morgan fingerprint density at radius 1 is 1.24 bits per heavy atom. The molecule has 0 bridgehead atoms. The predicted octanol–water partition coefficient (Wildman–Crippen LogP) is 1.85. The van der Waals surface area contributed by atoms with Crippen molar-refractivity contribution < 1.29 is 14.3 Å². The Morgan fingerprint density at radius 2 is 1.90 bits per heavy atom. The van der Waals surface area contributed by atoms with Gasteiger partial charge in [-0.2, -0.15) is 0 Å². The Bertz CT molecular complexity index is 399. The molecule has 2 atom stereocenters. The van der Waals surface area contributed by atoms with Gasteiger partial charge in [0.1, 0.15) is 5.60 Å². The monoisotopic (exact) mass is 296 g/mol. The standard InChI is InChI=1S/C16H28N2O3/c1-11-9-12(10-18(11)13-5-6-13)17-14(19)7-8-15(20)21-16(2,3)4/h11-13H,5-10H2,1-4H3,(H,17,19)/t11-,12-/m0/s1. The van der Waals surface area contributed by atoms with Gasteiger partial charge in [0.25, 0.3) is 0 Å². The Balaban J connectivity index is 1.67. The summed E-state index contributed by atoms with van der Waals surface area (Å²) in [5.41, 5.74) is -0.487. The molecular weight excluding hydrogens is 268 g/mol. The maximum atomic E-state index is 11.9. The largest absolute Gasteiger partial charge is 0.460 e. The molecule has 2 fully saturated rings. The number of ether oxygens (including phenoxy) is 1. The number of hydrogen-bond acceptors (Lipinski definition) is 4. The molecule has 0 radical (unpaired) electrons. The first kappa shape index (κ1) is 16.3. The van der Waals surface area contributed by atoms with Crippen LogP contribution in [-0.2, 0) is 14.3 Å². The molecule has 1 aliphatic heterocycles. The molecule has 21 heavy (non-hydrogen) atoms. The zero-order valence-electron chi connectivity index (χ0n) is 13.6. The Labute approximate surface area is 127 Å². The maximum absolute atomic E-state index is 11.9. The second kappa shape index (κ2) is 6.34. The van der Waals surface area contributed by atoms with Crippen LogP contribution in [0.15, 0.2) is 0 Å². The minimum atomic E-state index is -0.487. The zero-order chi connectivity index (χ0) is 15.6. The molecule has 1 aliphatic carbocycles. The fraction of sp³-hybridized carbons (Fsp3) is 0.875. The van der Waals surface area contributed by atoms with Crippen molar-refractivity contribution in [1.82, 2.24) is 10.2 Å². The van der Waals surface area contributed by atoms with Gasteiger partial charge < -0.3 is 10.1 Å². The molecule has 0 aromatic heterocycles. The highest BCUT2D eigenvalue weighted by Gasteiger charge is 2.39. The van der Waals surface area contributed by atoms with E-state index in [0.717, 1.165) is 19.0 Å². The van der Waals surface area contributed by atoms with Crippen LogP contribution in [-0.4, -0.2) is 47.0 Å². The van der Waals surface area contributed by atoms with E-state index >= 15 is 0 Å². The second-order valence-electron chi connectivity index (χ2n) is 7.36. The quantitative estimate of drug-likeness (QED) is 0.787. The number of hydrogen-bond donors (Lipinski definition) is 1. The van der Waals surface area contributed by atoms with Crippen molar-refractivity contribution in [1.29, 1.82) is 0 Å². The fourth-order valence-corrected chi connectivity index (χ4v) is 2.98. The molecule has 1 saturated carbocycles.